The first-order valence-corrected chi connectivity index (χ1v) is 11.6. The van der Waals surface area contributed by atoms with Gasteiger partial charge in [0.15, 0.2) is 6.04 Å². The van der Waals surface area contributed by atoms with Gasteiger partial charge in [-0.1, -0.05) is 55.5 Å². The zero-order valence-electron chi connectivity index (χ0n) is 19.5. The molecule has 0 spiro atoms. The molecule has 4 N–H and O–H groups in total. The summed E-state index contributed by atoms with van der Waals surface area (Å²) in [6, 6.07) is 15.0. The highest BCUT2D eigenvalue weighted by molar-refractivity contribution is 5.84. The molecule has 3 atom stereocenters. The lowest BCUT2D eigenvalue weighted by Crippen LogP contribution is -2.47. The molecule has 0 aromatic heterocycles. The number of ether oxygens (including phenoxy) is 1. The third-order valence-corrected chi connectivity index (χ3v) is 6.18. The predicted molar refractivity (Wildman–Crippen MR) is 127 cm³/mol. The molecule has 8 heteroatoms. The molecular formula is C26H32N2O6. The van der Waals surface area contributed by atoms with Crippen LogP contribution in [0.25, 0.3) is 11.1 Å². The Morgan fingerprint density at radius 3 is 2.12 bits per heavy atom. The fourth-order valence-electron chi connectivity index (χ4n) is 4.23. The highest BCUT2D eigenvalue weighted by Crippen LogP contribution is 2.44. The van der Waals surface area contributed by atoms with Gasteiger partial charge >= 0.3 is 12.1 Å². The topological polar surface area (TPSA) is 125 Å². The van der Waals surface area contributed by atoms with Crippen LogP contribution in [0.3, 0.4) is 0 Å². The molecule has 3 unspecified atom stereocenters. The van der Waals surface area contributed by atoms with Crippen molar-refractivity contribution in [1.82, 2.24) is 10.6 Å². The lowest BCUT2D eigenvalue weighted by molar-refractivity contribution is -0.144. The van der Waals surface area contributed by atoms with Crippen molar-refractivity contribution in [3.8, 4) is 11.1 Å². The fourth-order valence-corrected chi connectivity index (χ4v) is 4.23. The van der Waals surface area contributed by atoms with Gasteiger partial charge in [-0.25, -0.2) is 9.59 Å². The molecular weight excluding hydrogens is 436 g/mol. The molecule has 3 rings (SSSR count). The van der Waals surface area contributed by atoms with E-state index in [9.17, 15) is 19.5 Å². The van der Waals surface area contributed by atoms with Crippen LogP contribution < -0.4 is 10.6 Å². The van der Waals surface area contributed by atoms with Gasteiger partial charge in [-0.3, -0.25) is 4.79 Å². The van der Waals surface area contributed by atoms with E-state index in [0.717, 1.165) is 11.1 Å². The number of aliphatic carboxylic acids is 1. The van der Waals surface area contributed by atoms with Crippen molar-refractivity contribution in [2.45, 2.75) is 51.2 Å². The Morgan fingerprint density at radius 1 is 0.971 bits per heavy atom. The molecule has 34 heavy (non-hydrogen) atoms. The number of carbonyl (C=O) groups excluding carboxylic acids is 2. The van der Waals surface area contributed by atoms with Crippen LogP contribution in [0.15, 0.2) is 48.5 Å². The molecule has 8 nitrogen and oxygen atoms in total. The Morgan fingerprint density at radius 2 is 1.56 bits per heavy atom. The molecule has 0 saturated heterocycles. The van der Waals surface area contributed by atoms with E-state index >= 15 is 0 Å². The molecule has 182 valence electrons. The Kier molecular flexibility index (Phi) is 8.65. The summed E-state index contributed by atoms with van der Waals surface area (Å²) in [5.74, 6) is -1.56. The molecule has 0 bridgehead atoms. The average Bonchev–Trinajstić information content (AvgIpc) is 3.13. The normalized spacial score (nSPS) is 14.9. The predicted octanol–water partition coefficient (Wildman–Crippen LogP) is 3.28. The Labute approximate surface area is 199 Å². The van der Waals surface area contributed by atoms with E-state index in [0.29, 0.717) is 19.4 Å². The number of nitrogens with one attached hydrogen (secondary N) is 2. The van der Waals surface area contributed by atoms with Gasteiger partial charge < -0.3 is 25.6 Å². The maximum Gasteiger partial charge on any atom is 0.407 e. The Balaban J connectivity index is 1.38. The number of alkyl carbamates (subject to hydrolysis) is 1. The number of fused-ring (bicyclic) bond motifs is 3. The van der Waals surface area contributed by atoms with Crippen molar-refractivity contribution in [3.63, 3.8) is 0 Å². The van der Waals surface area contributed by atoms with Crippen LogP contribution in [0.5, 0.6) is 0 Å². The zero-order valence-corrected chi connectivity index (χ0v) is 19.5. The van der Waals surface area contributed by atoms with Crippen molar-refractivity contribution in [2.75, 3.05) is 13.2 Å². The highest BCUT2D eigenvalue weighted by Gasteiger charge is 2.29. The molecule has 2 aromatic carbocycles. The van der Waals surface area contributed by atoms with E-state index in [1.165, 1.54) is 18.1 Å². The second kappa shape index (κ2) is 11.7. The number of aliphatic hydroxyl groups is 1. The summed E-state index contributed by atoms with van der Waals surface area (Å²) in [5, 5.41) is 23.5. The van der Waals surface area contributed by atoms with Gasteiger partial charge in [0.05, 0.1) is 6.10 Å². The number of rotatable bonds is 11. The number of carboxylic acids is 1. The van der Waals surface area contributed by atoms with E-state index < -0.39 is 30.1 Å². The standard InChI is InChI=1S/C26H32N2O6/c1-16(11-12-23(30)28-24(17(2)29)25(31)32)13-14-27-26(33)34-15-22-20-9-5-3-7-18(20)19-8-4-6-10-21(19)22/h3-10,16-17,22,24,29H,11-15H2,1-2H3,(H,27,33)(H,28,30)(H,31,32). The third-order valence-electron chi connectivity index (χ3n) is 6.18. The minimum absolute atomic E-state index is 0.00635. The second-order valence-electron chi connectivity index (χ2n) is 8.81. The molecule has 0 radical (unpaired) electrons. The lowest BCUT2D eigenvalue weighted by Gasteiger charge is -2.18. The molecule has 0 aliphatic heterocycles. The van der Waals surface area contributed by atoms with Crippen molar-refractivity contribution in [3.05, 3.63) is 59.7 Å². The van der Waals surface area contributed by atoms with Gasteiger partial charge in [-0.15, -0.1) is 0 Å². The molecule has 1 aliphatic carbocycles. The molecule has 0 heterocycles. The summed E-state index contributed by atoms with van der Waals surface area (Å²) in [6.45, 7) is 3.93. The highest BCUT2D eigenvalue weighted by atomic mass is 16.5. The summed E-state index contributed by atoms with van der Waals surface area (Å²) in [7, 11) is 0. The summed E-state index contributed by atoms with van der Waals surface area (Å²) < 4.78 is 5.51. The van der Waals surface area contributed by atoms with Crippen molar-refractivity contribution in [2.24, 2.45) is 5.92 Å². The van der Waals surface area contributed by atoms with Gasteiger partial charge in [0.2, 0.25) is 5.91 Å². The number of amides is 2. The van der Waals surface area contributed by atoms with E-state index in [1.54, 1.807) is 0 Å². The molecule has 0 fully saturated rings. The fraction of sp³-hybridized carbons (Fsp3) is 0.423. The zero-order chi connectivity index (χ0) is 24.7. The van der Waals surface area contributed by atoms with Crippen molar-refractivity contribution in [1.29, 1.82) is 0 Å². The number of carbonyl (C=O) groups is 3. The van der Waals surface area contributed by atoms with Crippen LogP contribution in [-0.2, 0) is 14.3 Å². The summed E-state index contributed by atoms with van der Waals surface area (Å²) >= 11 is 0. The second-order valence-corrected chi connectivity index (χ2v) is 8.81. The lowest BCUT2D eigenvalue weighted by atomic mass is 9.98. The first-order valence-electron chi connectivity index (χ1n) is 11.6. The number of carboxylic acid groups (broad SMARTS) is 1. The Bertz CT molecular complexity index is 976. The van der Waals surface area contributed by atoms with Crippen LogP contribution >= 0.6 is 0 Å². The number of hydrogen-bond donors (Lipinski definition) is 4. The summed E-state index contributed by atoms with van der Waals surface area (Å²) in [5.41, 5.74) is 4.66. The molecule has 2 amide bonds. The Hall–Kier alpha value is -3.39. The summed E-state index contributed by atoms with van der Waals surface area (Å²) in [4.78, 5) is 35.3. The van der Waals surface area contributed by atoms with Crippen LogP contribution in [0.4, 0.5) is 4.79 Å². The first-order chi connectivity index (χ1) is 16.3. The van der Waals surface area contributed by atoms with Crippen LogP contribution in [0, 0.1) is 5.92 Å². The number of benzene rings is 2. The van der Waals surface area contributed by atoms with Crippen LogP contribution in [-0.4, -0.2) is 53.5 Å². The van der Waals surface area contributed by atoms with Gasteiger partial charge in [-0.05, 0) is 47.9 Å². The van der Waals surface area contributed by atoms with Gasteiger partial charge in [0, 0.05) is 18.9 Å². The van der Waals surface area contributed by atoms with E-state index in [2.05, 4.69) is 34.9 Å². The third kappa shape index (κ3) is 6.35. The largest absolute Gasteiger partial charge is 0.480 e. The van der Waals surface area contributed by atoms with E-state index in [1.807, 2.05) is 31.2 Å². The van der Waals surface area contributed by atoms with Crippen LogP contribution in [0.2, 0.25) is 0 Å². The quantitative estimate of drug-likeness (QED) is 0.401. The molecule has 1 aliphatic rings. The minimum Gasteiger partial charge on any atom is -0.480 e. The molecule has 0 saturated carbocycles. The number of aliphatic hydroxyl groups excluding tert-OH is 1. The van der Waals surface area contributed by atoms with E-state index in [4.69, 9.17) is 9.84 Å². The van der Waals surface area contributed by atoms with Gasteiger partial charge in [0.1, 0.15) is 6.61 Å². The van der Waals surface area contributed by atoms with Crippen LogP contribution in [0.1, 0.15) is 50.2 Å². The maximum absolute atomic E-state index is 12.2. The van der Waals surface area contributed by atoms with Crippen molar-refractivity contribution < 1.29 is 29.3 Å². The molecule has 2 aromatic rings. The maximum atomic E-state index is 12.2. The smallest absolute Gasteiger partial charge is 0.407 e. The number of hydrogen-bond acceptors (Lipinski definition) is 5. The SMILES string of the molecule is CC(CCNC(=O)OCC1c2ccccc2-c2ccccc21)CCC(=O)NC(C(=O)O)C(C)O. The van der Waals surface area contributed by atoms with Crippen molar-refractivity contribution >= 4 is 18.0 Å². The monoisotopic (exact) mass is 468 g/mol. The average molecular weight is 469 g/mol. The first kappa shape index (κ1) is 25.2. The van der Waals surface area contributed by atoms with E-state index in [-0.39, 0.29) is 24.9 Å². The minimum atomic E-state index is -1.32. The van der Waals surface area contributed by atoms with Gasteiger partial charge in [0.25, 0.3) is 0 Å². The summed E-state index contributed by atoms with van der Waals surface area (Å²) in [6.07, 6.45) is -0.336. The van der Waals surface area contributed by atoms with Gasteiger partial charge in [-0.2, -0.15) is 0 Å².